The number of aliphatic hydroxyl groups excluding tert-OH is 1. The highest BCUT2D eigenvalue weighted by Crippen LogP contribution is 2.43. The first kappa shape index (κ1) is 12.2. The van der Waals surface area contributed by atoms with Gasteiger partial charge >= 0.3 is 0 Å². The highest BCUT2D eigenvalue weighted by atomic mass is 16.3. The van der Waals surface area contributed by atoms with Crippen molar-refractivity contribution in [3.8, 4) is 0 Å². The first-order valence-corrected chi connectivity index (χ1v) is 7.32. The maximum absolute atomic E-state index is 8.92. The lowest BCUT2D eigenvalue weighted by Gasteiger charge is -2.44. The van der Waals surface area contributed by atoms with Crippen molar-refractivity contribution in [3.63, 3.8) is 0 Å². The third-order valence-electron chi connectivity index (χ3n) is 4.68. The van der Waals surface area contributed by atoms with Crippen LogP contribution in [0.25, 0.3) is 0 Å². The average Bonchev–Trinajstić information content (AvgIpc) is 2.39. The van der Waals surface area contributed by atoms with Gasteiger partial charge in [-0.15, -0.1) is 0 Å². The summed E-state index contributed by atoms with van der Waals surface area (Å²) >= 11 is 0. The zero-order chi connectivity index (χ0) is 12.4. The number of aliphatic hydroxyl groups is 1. The van der Waals surface area contributed by atoms with Crippen LogP contribution < -0.4 is 5.32 Å². The van der Waals surface area contributed by atoms with E-state index >= 15 is 0 Å². The monoisotopic (exact) mass is 245 g/mol. The van der Waals surface area contributed by atoms with Crippen molar-refractivity contribution in [2.45, 2.75) is 44.1 Å². The maximum atomic E-state index is 8.92. The molecule has 3 rings (SSSR count). The highest BCUT2D eigenvalue weighted by Gasteiger charge is 2.38. The fraction of sp³-hybridized carbons (Fsp3) is 0.625. The van der Waals surface area contributed by atoms with Crippen molar-refractivity contribution >= 4 is 0 Å². The summed E-state index contributed by atoms with van der Waals surface area (Å²) in [6, 6.07) is 9.62. The molecular weight excluding hydrogens is 222 g/mol. The largest absolute Gasteiger partial charge is 0.396 e. The molecule has 1 aromatic rings. The predicted molar refractivity (Wildman–Crippen MR) is 73.7 cm³/mol. The lowest BCUT2D eigenvalue weighted by molar-refractivity contribution is 0.205. The Morgan fingerprint density at radius 2 is 2.11 bits per heavy atom. The minimum absolute atomic E-state index is 0.297. The Balaban J connectivity index is 1.80. The molecule has 0 radical (unpaired) electrons. The van der Waals surface area contributed by atoms with E-state index in [1.807, 2.05) is 0 Å². The number of hydrogen-bond acceptors (Lipinski definition) is 2. The predicted octanol–water partition coefficient (Wildman–Crippen LogP) is 2.47. The van der Waals surface area contributed by atoms with Crippen LogP contribution in [-0.4, -0.2) is 24.3 Å². The maximum Gasteiger partial charge on any atom is 0.0443 e. The molecule has 0 saturated heterocycles. The van der Waals surface area contributed by atoms with E-state index in [1.165, 1.54) is 25.7 Å². The van der Waals surface area contributed by atoms with Gasteiger partial charge in [0.1, 0.15) is 0 Å². The van der Waals surface area contributed by atoms with Gasteiger partial charge in [-0.05, 0) is 55.2 Å². The number of nitrogens with one attached hydrogen (secondary N) is 1. The number of rotatable bonds is 4. The van der Waals surface area contributed by atoms with Gasteiger partial charge in [-0.2, -0.15) is 0 Å². The molecule has 1 aromatic carbocycles. The Labute approximate surface area is 109 Å². The Bertz CT molecular complexity index is 404. The second-order valence-electron chi connectivity index (χ2n) is 5.76. The number of benzene rings is 1. The van der Waals surface area contributed by atoms with Crippen LogP contribution in [0.5, 0.6) is 0 Å². The fourth-order valence-corrected chi connectivity index (χ4v) is 3.89. The Hall–Kier alpha value is -0.860. The van der Waals surface area contributed by atoms with E-state index in [-0.39, 0.29) is 0 Å². The molecule has 0 spiro atoms. The molecule has 2 aliphatic carbocycles. The van der Waals surface area contributed by atoms with E-state index in [4.69, 9.17) is 5.11 Å². The summed E-state index contributed by atoms with van der Waals surface area (Å²) in [7, 11) is 0. The van der Waals surface area contributed by atoms with E-state index in [2.05, 4.69) is 29.6 Å². The fourth-order valence-electron chi connectivity index (χ4n) is 3.89. The van der Waals surface area contributed by atoms with Gasteiger partial charge in [-0.3, -0.25) is 0 Å². The van der Waals surface area contributed by atoms with Gasteiger partial charge in [0.05, 0.1) is 0 Å². The second-order valence-corrected chi connectivity index (χ2v) is 5.76. The van der Waals surface area contributed by atoms with Crippen LogP contribution in [0.3, 0.4) is 0 Å². The minimum Gasteiger partial charge on any atom is -0.396 e. The molecule has 2 heteroatoms. The normalized spacial score (nSPS) is 29.9. The van der Waals surface area contributed by atoms with Crippen molar-refractivity contribution < 1.29 is 5.11 Å². The van der Waals surface area contributed by atoms with Gasteiger partial charge < -0.3 is 10.4 Å². The Kier molecular flexibility index (Phi) is 3.67. The molecular formula is C16H23NO. The standard InChI is InChI=1S/C16H23NO/c18-10-4-9-17-16-13-6-3-8-15(16)14-7-2-1-5-12(14)11-13/h1-2,5,7,13,15-18H,3-4,6,8-11H2/t13-,15-,16+/m0/s1. The summed E-state index contributed by atoms with van der Waals surface area (Å²) in [6.07, 6.45) is 6.18. The van der Waals surface area contributed by atoms with Crippen molar-refractivity contribution in [2.75, 3.05) is 13.2 Å². The minimum atomic E-state index is 0.297. The van der Waals surface area contributed by atoms with E-state index in [9.17, 15) is 0 Å². The molecule has 2 bridgehead atoms. The van der Waals surface area contributed by atoms with Gasteiger partial charge in [0, 0.05) is 12.6 Å². The molecule has 2 N–H and O–H groups in total. The highest BCUT2D eigenvalue weighted by molar-refractivity contribution is 5.36. The zero-order valence-corrected chi connectivity index (χ0v) is 10.9. The molecule has 3 atom stereocenters. The summed E-state index contributed by atoms with van der Waals surface area (Å²) in [4.78, 5) is 0. The van der Waals surface area contributed by atoms with Gasteiger partial charge in [0.2, 0.25) is 0 Å². The Morgan fingerprint density at radius 1 is 1.22 bits per heavy atom. The SMILES string of the molecule is OCCCN[C@@H]1[C@H]2CCC[C@H]1c1ccccc1C2. The van der Waals surface area contributed by atoms with Crippen LogP contribution in [0.1, 0.15) is 42.7 Å². The van der Waals surface area contributed by atoms with Crippen LogP contribution in [-0.2, 0) is 6.42 Å². The summed E-state index contributed by atoms with van der Waals surface area (Å²) in [5.74, 6) is 1.50. The smallest absolute Gasteiger partial charge is 0.0443 e. The quantitative estimate of drug-likeness (QED) is 0.799. The summed E-state index contributed by atoms with van der Waals surface area (Å²) in [6.45, 7) is 1.25. The topological polar surface area (TPSA) is 32.3 Å². The molecule has 2 aliphatic rings. The van der Waals surface area contributed by atoms with Crippen molar-refractivity contribution in [2.24, 2.45) is 5.92 Å². The molecule has 98 valence electrons. The van der Waals surface area contributed by atoms with Crippen LogP contribution in [0.4, 0.5) is 0 Å². The molecule has 0 unspecified atom stereocenters. The van der Waals surface area contributed by atoms with E-state index < -0.39 is 0 Å². The first-order valence-electron chi connectivity index (χ1n) is 7.32. The molecule has 0 aromatic heterocycles. The molecule has 1 saturated carbocycles. The third-order valence-corrected chi connectivity index (χ3v) is 4.68. The van der Waals surface area contributed by atoms with Gasteiger partial charge in [0.25, 0.3) is 0 Å². The lowest BCUT2D eigenvalue weighted by atomic mass is 9.66. The number of hydrogen-bond donors (Lipinski definition) is 2. The van der Waals surface area contributed by atoms with Crippen molar-refractivity contribution in [3.05, 3.63) is 35.4 Å². The van der Waals surface area contributed by atoms with Crippen LogP contribution >= 0.6 is 0 Å². The van der Waals surface area contributed by atoms with E-state index in [0.29, 0.717) is 18.6 Å². The van der Waals surface area contributed by atoms with E-state index in [0.717, 1.165) is 18.9 Å². The molecule has 2 nitrogen and oxygen atoms in total. The zero-order valence-electron chi connectivity index (χ0n) is 10.9. The van der Waals surface area contributed by atoms with E-state index in [1.54, 1.807) is 11.1 Å². The molecule has 18 heavy (non-hydrogen) atoms. The van der Waals surface area contributed by atoms with Crippen molar-refractivity contribution in [1.82, 2.24) is 5.32 Å². The number of fused-ring (bicyclic) bond motifs is 4. The first-order chi connectivity index (χ1) is 8.90. The van der Waals surface area contributed by atoms with Gasteiger partial charge in [-0.25, -0.2) is 0 Å². The average molecular weight is 245 g/mol. The van der Waals surface area contributed by atoms with Crippen molar-refractivity contribution in [1.29, 1.82) is 0 Å². The van der Waals surface area contributed by atoms with Crippen LogP contribution in [0.15, 0.2) is 24.3 Å². The summed E-state index contributed by atoms with van der Waals surface area (Å²) in [5.41, 5.74) is 3.15. The lowest BCUT2D eigenvalue weighted by Crippen LogP contribution is -2.47. The molecule has 0 aliphatic heterocycles. The van der Waals surface area contributed by atoms with Gasteiger partial charge in [0.15, 0.2) is 0 Å². The summed E-state index contributed by atoms with van der Waals surface area (Å²) < 4.78 is 0. The van der Waals surface area contributed by atoms with Gasteiger partial charge in [-0.1, -0.05) is 30.7 Å². The van der Waals surface area contributed by atoms with Crippen LogP contribution in [0.2, 0.25) is 0 Å². The molecule has 1 fully saturated rings. The second kappa shape index (κ2) is 5.41. The molecule has 0 amide bonds. The Morgan fingerprint density at radius 3 is 3.00 bits per heavy atom. The van der Waals surface area contributed by atoms with Crippen LogP contribution in [0, 0.1) is 5.92 Å². The summed E-state index contributed by atoms with van der Waals surface area (Å²) in [5, 5.41) is 12.6. The molecule has 0 heterocycles. The third kappa shape index (κ3) is 2.19.